The number of rotatable bonds is 5. The Morgan fingerprint density at radius 1 is 1.10 bits per heavy atom. The minimum Gasteiger partial charge on any atom is -0.324 e. The van der Waals surface area contributed by atoms with Crippen molar-refractivity contribution in [2.75, 3.05) is 11.6 Å². The van der Waals surface area contributed by atoms with Gasteiger partial charge in [0.05, 0.1) is 4.88 Å². The first-order valence-corrected chi connectivity index (χ1v) is 11.4. The largest absolute Gasteiger partial charge is 0.433 e. The fourth-order valence-corrected chi connectivity index (χ4v) is 4.61. The summed E-state index contributed by atoms with van der Waals surface area (Å²) in [6.07, 6.45) is -0.834. The highest BCUT2D eigenvalue weighted by Gasteiger charge is 2.36. The van der Waals surface area contributed by atoms with Crippen LogP contribution in [0.1, 0.15) is 30.1 Å². The van der Waals surface area contributed by atoms with Gasteiger partial charge in [-0.15, -0.1) is 11.3 Å². The van der Waals surface area contributed by atoms with Gasteiger partial charge >= 0.3 is 6.18 Å². The number of aromatic nitrogens is 3. The van der Waals surface area contributed by atoms with E-state index in [2.05, 4.69) is 20.3 Å². The Balaban J connectivity index is 2.04. The number of thiazole rings is 1. The molecule has 3 rings (SSSR count). The van der Waals surface area contributed by atoms with E-state index in [-0.39, 0.29) is 5.95 Å². The molecule has 2 heterocycles. The van der Waals surface area contributed by atoms with Crippen molar-refractivity contribution in [3.8, 4) is 10.4 Å². The van der Waals surface area contributed by atoms with Gasteiger partial charge in [0, 0.05) is 29.9 Å². The number of halogens is 3. The molecule has 0 aliphatic rings. The van der Waals surface area contributed by atoms with Gasteiger partial charge in [0.1, 0.15) is 15.4 Å². The summed E-state index contributed by atoms with van der Waals surface area (Å²) in [5.41, 5.74) is 0.955. The zero-order valence-corrected chi connectivity index (χ0v) is 18.2. The number of nitrogens with zero attached hydrogens (tertiary/aromatic N) is 3. The molecule has 0 saturated carbocycles. The standard InChI is InChI=1S/C19H19F3N4O2S2/c1-11-6-5-7-12(25-17-23-9-8-14(26-17)19(20,21)22)15(11)13-10-24-16(29-13)18(2,3)30(4,27)28/h5-10H,1-4H3,(H,23,25,26). The summed E-state index contributed by atoms with van der Waals surface area (Å²) in [7, 11) is -3.41. The maximum Gasteiger partial charge on any atom is 0.433 e. The summed E-state index contributed by atoms with van der Waals surface area (Å²) in [4.78, 5) is 12.4. The molecule has 0 spiro atoms. The third-order valence-electron chi connectivity index (χ3n) is 4.66. The minimum absolute atomic E-state index is 0.196. The number of hydrogen-bond acceptors (Lipinski definition) is 7. The van der Waals surface area contributed by atoms with Crippen molar-refractivity contribution in [1.29, 1.82) is 0 Å². The molecule has 0 amide bonds. The molecule has 0 atom stereocenters. The molecule has 3 aromatic rings. The Morgan fingerprint density at radius 3 is 2.43 bits per heavy atom. The zero-order chi connectivity index (χ0) is 22.3. The molecular weight excluding hydrogens is 437 g/mol. The molecule has 0 saturated heterocycles. The van der Waals surface area contributed by atoms with Crippen LogP contribution in [0.15, 0.2) is 36.7 Å². The summed E-state index contributed by atoms with van der Waals surface area (Å²) in [6.45, 7) is 5.01. The van der Waals surface area contributed by atoms with E-state index in [1.165, 1.54) is 11.3 Å². The summed E-state index contributed by atoms with van der Waals surface area (Å²) in [5.74, 6) is -0.196. The molecule has 1 N–H and O–H groups in total. The lowest BCUT2D eigenvalue weighted by Gasteiger charge is -2.19. The van der Waals surface area contributed by atoms with Crippen molar-refractivity contribution < 1.29 is 21.6 Å². The summed E-state index contributed by atoms with van der Waals surface area (Å²) in [6, 6.07) is 6.07. The van der Waals surface area contributed by atoms with E-state index >= 15 is 0 Å². The van der Waals surface area contributed by atoms with Crippen molar-refractivity contribution in [2.24, 2.45) is 0 Å². The van der Waals surface area contributed by atoms with E-state index < -0.39 is 26.5 Å². The Morgan fingerprint density at radius 2 is 1.80 bits per heavy atom. The molecule has 30 heavy (non-hydrogen) atoms. The molecule has 0 aliphatic heterocycles. The van der Waals surface area contributed by atoms with Gasteiger partial charge in [0.25, 0.3) is 0 Å². The smallest absolute Gasteiger partial charge is 0.324 e. The van der Waals surface area contributed by atoms with Crippen molar-refractivity contribution in [3.63, 3.8) is 0 Å². The Labute approximate surface area is 176 Å². The van der Waals surface area contributed by atoms with Crippen molar-refractivity contribution >= 4 is 32.8 Å². The van der Waals surface area contributed by atoms with Crippen molar-refractivity contribution in [3.05, 3.63) is 52.9 Å². The lowest BCUT2D eigenvalue weighted by Crippen LogP contribution is -2.27. The molecule has 0 unspecified atom stereocenters. The molecular formula is C19H19F3N4O2S2. The lowest BCUT2D eigenvalue weighted by atomic mass is 10.1. The van der Waals surface area contributed by atoms with Crippen LogP contribution in [0.2, 0.25) is 0 Å². The van der Waals surface area contributed by atoms with E-state index in [9.17, 15) is 21.6 Å². The quantitative estimate of drug-likeness (QED) is 0.585. The van der Waals surface area contributed by atoms with Crippen LogP contribution in [0.3, 0.4) is 0 Å². The predicted molar refractivity (Wildman–Crippen MR) is 110 cm³/mol. The summed E-state index contributed by atoms with van der Waals surface area (Å²) >= 11 is 1.22. The number of anilines is 2. The average Bonchev–Trinajstić information content (AvgIpc) is 3.11. The van der Waals surface area contributed by atoms with Crippen LogP contribution in [0.25, 0.3) is 10.4 Å². The zero-order valence-electron chi connectivity index (χ0n) is 16.6. The van der Waals surface area contributed by atoms with Gasteiger partial charge in [-0.1, -0.05) is 12.1 Å². The van der Waals surface area contributed by atoms with Gasteiger partial charge in [0.15, 0.2) is 9.84 Å². The maximum atomic E-state index is 13.0. The summed E-state index contributed by atoms with van der Waals surface area (Å²) in [5, 5.41) is 3.26. The summed E-state index contributed by atoms with van der Waals surface area (Å²) < 4.78 is 62.0. The molecule has 0 bridgehead atoms. The number of alkyl halides is 3. The SMILES string of the molecule is Cc1cccc(Nc2nccc(C(F)(F)F)n2)c1-c1cnc(C(C)(C)S(C)(=O)=O)s1. The van der Waals surface area contributed by atoms with Gasteiger partial charge in [-0.3, -0.25) is 0 Å². The number of nitrogens with one attached hydrogen (secondary N) is 1. The third-order valence-corrected chi connectivity index (χ3v) is 8.17. The Kier molecular flexibility index (Phi) is 5.63. The molecule has 6 nitrogen and oxygen atoms in total. The van der Waals surface area contributed by atoms with E-state index in [1.54, 1.807) is 32.2 Å². The first-order valence-electron chi connectivity index (χ1n) is 8.74. The predicted octanol–water partition coefficient (Wildman–Crippen LogP) is 4.95. The van der Waals surface area contributed by atoms with E-state index in [1.807, 2.05) is 13.0 Å². The first kappa shape index (κ1) is 22.2. The first-order chi connectivity index (χ1) is 13.8. The second kappa shape index (κ2) is 7.62. The second-order valence-corrected chi connectivity index (χ2v) is 10.8. The monoisotopic (exact) mass is 456 g/mol. The Bertz CT molecular complexity index is 1190. The lowest BCUT2D eigenvalue weighted by molar-refractivity contribution is -0.141. The topological polar surface area (TPSA) is 84.8 Å². The molecule has 11 heteroatoms. The molecule has 0 fully saturated rings. The fraction of sp³-hybridized carbons (Fsp3) is 0.316. The van der Waals surface area contributed by atoms with Crippen LogP contribution in [-0.4, -0.2) is 29.6 Å². The van der Waals surface area contributed by atoms with Crippen LogP contribution in [0.5, 0.6) is 0 Å². The highest BCUT2D eigenvalue weighted by atomic mass is 32.2. The third kappa shape index (κ3) is 4.31. The molecule has 0 aliphatic carbocycles. The molecule has 0 radical (unpaired) electrons. The van der Waals surface area contributed by atoms with Crippen molar-refractivity contribution in [1.82, 2.24) is 15.0 Å². The fourth-order valence-electron chi connectivity index (χ4n) is 2.62. The molecule has 160 valence electrons. The van der Waals surface area contributed by atoms with Crippen LogP contribution in [-0.2, 0) is 20.8 Å². The number of sulfone groups is 1. The highest BCUT2D eigenvalue weighted by Crippen LogP contribution is 2.40. The van der Waals surface area contributed by atoms with E-state index in [0.29, 0.717) is 21.1 Å². The maximum absolute atomic E-state index is 13.0. The van der Waals surface area contributed by atoms with Gasteiger partial charge in [-0.25, -0.2) is 23.4 Å². The number of benzene rings is 1. The van der Waals surface area contributed by atoms with Crippen LogP contribution < -0.4 is 5.32 Å². The number of aryl methyl sites for hydroxylation is 1. The normalized spacial score (nSPS) is 12.8. The molecule has 1 aromatic carbocycles. The average molecular weight is 457 g/mol. The van der Waals surface area contributed by atoms with Crippen molar-refractivity contribution in [2.45, 2.75) is 31.7 Å². The van der Waals surface area contributed by atoms with Crippen LogP contribution in [0, 0.1) is 6.92 Å². The highest BCUT2D eigenvalue weighted by molar-refractivity contribution is 7.91. The van der Waals surface area contributed by atoms with Gasteiger partial charge in [0.2, 0.25) is 5.95 Å². The van der Waals surface area contributed by atoms with Gasteiger partial charge in [-0.05, 0) is 38.5 Å². The van der Waals surface area contributed by atoms with E-state index in [0.717, 1.165) is 24.1 Å². The van der Waals surface area contributed by atoms with Gasteiger partial charge < -0.3 is 5.32 Å². The van der Waals surface area contributed by atoms with Gasteiger partial charge in [-0.2, -0.15) is 13.2 Å². The minimum atomic E-state index is -4.58. The number of hydrogen-bond donors (Lipinski definition) is 1. The molecule has 2 aromatic heterocycles. The van der Waals surface area contributed by atoms with E-state index in [4.69, 9.17) is 0 Å². The Hall–Kier alpha value is -2.53. The second-order valence-electron chi connectivity index (χ2n) is 7.20. The van der Waals surface area contributed by atoms with Crippen LogP contribution in [0.4, 0.5) is 24.8 Å². The van der Waals surface area contributed by atoms with Crippen LogP contribution >= 0.6 is 11.3 Å².